The average molecular weight is 432 g/mol. The lowest BCUT2D eigenvalue weighted by atomic mass is 9.94. The molecule has 0 bridgehead atoms. The third-order valence-corrected chi connectivity index (χ3v) is 6.29. The number of benzene rings is 2. The van der Waals surface area contributed by atoms with E-state index in [1.54, 1.807) is 18.2 Å². The maximum atomic E-state index is 12.7. The number of hydrogen-bond donors (Lipinski definition) is 1. The Kier molecular flexibility index (Phi) is 4.89. The van der Waals surface area contributed by atoms with Crippen molar-refractivity contribution in [3.05, 3.63) is 52.1 Å². The minimum atomic E-state index is -3.73. The zero-order valence-corrected chi connectivity index (χ0v) is 17.0. The number of nitro groups is 1. The summed E-state index contributed by atoms with van der Waals surface area (Å²) in [4.78, 5) is 22.8. The van der Waals surface area contributed by atoms with Crippen LogP contribution in [0.5, 0.6) is 11.5 Å². The van der Waals surface area contributed by atoms with Gasteiger partial charge in [-0.1, -0.05) is 6.42 Å². The lowest BCUT2D eigenvalue weighted by molar-refractivity contribution is -0.385. The smallest absolute Gasteiger partial charge is 0.271 e. The molecule has 1 aliphatic carbocycles. The number of anilines is 1. The van der Waals surface area contributed by atoms with Gasteiger partial charge in [0.2, 0.25) is 0 Å². The molecule has 0 unspecified atom stereocenters. The summed E-state index contributed by atoms with van der Waals surface area (Å²) < 4.78 is 35.7. The van der Waals surface area contributed by atoms with Gasteiger partial charge in [0.25, 0.3) is 17.4 Å². The molecule has 30 heavy (non-hydrogen) atoms. The van der Waals surface area contributed by atoms with Crippen LogP contribution in [0.2, 0.25) is 0 Å². The summed E-state index contributed by atoms with van der Waals surface area (Å²) in [5.41, 5.74) is -0.207. The van der Waals surface area contributed by atoms with Crippen molar-refractivity contribution in [1.82, 2.24) is 0 Å². The van der Waals surface area contributed by atoms with Crippen LogP contribution in [-0.4, -0.2) is 31.3 Å². The molecule has 9 nitrogen and oxygen atoms in total. The van der Waals surface area contributed by atoms with Gasteiger partial charge < -0.3 is 14.8 Å². The van der Waals surface area contributed by atoms with E-state index in [2.05, 4.69) is 5.32 Å². The van der Waals surface area contributed by atoms with E-state index < -0.39 is 32.1 Å². The summed E-state index contributed by atoms with van der Waals surface area (Å²) in [6, 6.07) is 8.04. The Morgan fingerprint density at radius 3 is 2.43 bits per heavy atom. The first-order chi connectivity index (χ1) is 14.2. The van der Waals surface area contributed by atoms with E-state index in [1.165, 1.54) is 0 Å². The first kappa shape index (κ1) is 20.1. The molecule has 0 aromatic heterocycles. The lowest BCUT2D eigenvalue weighted by Gasteiger charge is -2.31. The van der Waals surface area contributed by atoms with Gasteiger partial charge in [0.15, 0.2) is 21.3 Å². The predicted octanol–water partition coefficient (Wildman–Crippen LogP) is 3.68. The second-order valence-corrected chi connectivity index (χ2v) is 9.55. The van der Waals surface area contributed by atoms with Crippen molar-refractivity contribution in [2.24, 2.45) is 0 Å². The fourth-order valence-electron chi connectivity index (χ4n) is 3.70. The molecule has 1 spiro atoms. The Morgan fingerprint density at radius 2 is 1.77 bits per heavy atom. The number of ether oxygens (including phenoxy) is 2. The van der Waals surface area contributed by atoms with Crippen molar-refractivity contribution >= 4 is 27.1 Å². The third kappa shape index (κ3) is 3.95. The van der Waals surface area contributed by atoms with E-state index in [0.717, 1.165) is 56.6 Å². The first-order valence-corrected chi connectivity index (χ1v) is 11.4. The number of nitrogens with one attached hydrogen (secondary N) is 1. The highest BCUT2D eigenvalue weighted by molar-refractivity contribution is 7.90. The van der Waals surface area contributed by atoms with Crippen LogP contribution < -0.4 is 14.8 Å². The van der Waals surface area contributed by atoms with Crippen molar-refractivity contribution in [2.75, 3.05) is 11.6 Å². The Hall–Kier alpha value is -3.14. The average Bonchev–Trinajstić information content (AvgIpc) is 3.03. The van der Waals surface area contributed by atoms with Crippen LogP contribution in [0, 0.1) is 10.1 Å². The topological polar surface area (TPSA) is 125 Å². The van der Waals surface area contributed by atoms with Crippen molar-refractivity contribution in [3.63, 3.8) is 0 Å². The van der Waals surface area contributed by atoms with E-state index >= 15 is 0 Å². The van der Waals surface area contributed by atoms with E-state index in [9.17, 15) is 23.3 Å². The standard InChI is InChI=1S/C20H20N2O7S/c1-30(26,27)16-10-13(9-15(12-16)22(24)25)19(23)21-14-5-6-17-18(11-14)29-20(28-17)7-3-2-4-8-20/h5-6,9-12H,2-4,7-8H2,1H3,(H,21,23). The number of hydrogen-bond acceptors (Lipinski definition) is 7. The molecule has 2 aromatic rings. The van der Waals surface area contributed by atoms with Gasteiger partial charge >= 0.3 is 0 Å². The number of rotatable bonds is 4. The molecular formula is C20H20N2O7S. The highest BCUT2D eigenvalue weighted by atomic mass is 32.2. The predicted molar refractivity (Wildman–Crippen MR) is 108 cm³/mol. The van der Waals surface area contributed by atoms with E-state index in [1.807, 2.05) is 0 Å². The highest BCUT2D eigenvalue weighted by Gasteiger charge is 2.42. The Balaban J connectivity index is 1.58. The molecule has 2 aromatic carbocycles. The van der Waals surface area contributed by atoms with Gasteiger partial charge in [-0.15, -0.1) is 0 Å². The minimum absolute atomic E-state index is 0.133. The molecule has 0 radical (unpaired) electrons. The van der Waals surface area contributed by atoms with Crippen LogP contribution in [0.4, 0.5) is 11.4 Å². The summed E-state index contributed by atoms with van der Waals surface area (Å²) in [6.45, 7) is 0. The normalized spacial score (nSPS) is 17.0. The molecule has 1 saturated carbocycles. The van der Waals surface area contributed by atoms with Gasteiger partial charge in [-0.2, -0.15) is 0 Å². The number of non-ortho nitro benzene ring substituents is 1. The molecule has 1 fully saturated rings. The summed E-state index contributed by atoms with van der Waals surface area (Å²) in [7, 11) is -3.73. The number of nitro benzene ring substituents is 1. The quantitative estimate of drug-likeness (QED) is 0.577. The second-order valence-electron chi connectivity index (χ2n) is 7.54. The van der Waals surface area contributed by atoms with Gasteiger partial charge in [0.1, 0.15) is 0 Å². The fraction of sp³-hybridized carbons (Fsp3) is 0.350. The van der Waals surface area contributed by atoms with Gasteiger partial charge in [-0.25, -0.2) is 8.42 Å². The molecule has 1 amide bonds. The van der Waals surface area contributed by atoms with E-state index in [4.69, 9.17) is 9.47 Å². The molecule has 1 aliphatic heterocycles. The maximum absolute atomic E-state index is 12.7. The van der Waals surface area contributed by atoms with Gasteiger partial charge in [0, 0.05) is 48.5 Å². The fourth-order valence-corrected chi connectivity index (χ4v) is 4.38. The number of sulfone groups is 1. The number of fused-ring (bicyclic) bond motifs is 1. The SMILES string of the molecule is CS(=O)(=O)c1cc(C(=O)Nc2ccc3c(c2)OC2(CCCCC2)O3)cc([N+](=O)[O-])c1. The minimum Gasteiger partial charge on any atom is -0.448 e. The molecule has 1 heterocycles. The monoisotopic (exact) mass is 432 g/mol. The van der Waals surface area contributed by atoms with Crippen molar-refractivity contribution in [1.29, 1.82) is 0 Å². The Bertz CT molecular complexity index is 1140. The second kappa shape index (κ2) is 7.28. The zero-order chi connectivity index (χ0) is 21.5. The number of nitrogens with zero attached hydrogens (tertiary/aromatic N) is 1. The van der Waals surface area contributed by atoms with Crippen molar-refractivity contribution < 1.29 is 27.6 Å². The molecule has 4 rings (SSSR count). The summed E-state index contributed by atoms with van der Waals surface area (Å²) in [5, 5.41) is 13.8. The van der Waals surface area contributed by atoms with Crippen LogP contribution in [0.1, 0.15) is 42.5 Å². The van der Waals surface area contributed by atoms with Gasteiger partial charge in [0.05, 0.1) is 9.82 Å². The molecular weight excluding hydrogens is 412 g/mol. The Labute approximate surface area is 173 Å². The first-order valence-electron chi connectivity index (χ1n) is 9.48. The molecule has 2 aliphatic rings. The highest BCUT2D eigenvalue weighted by Crippen LogP contribution is 2.46. The lowest BCUT2D eigenvalue weighted by Crippen LogP contribution is -2.40. The molecule has 158 valence electrons. The number of carbonyl (C=O) groups is 1. The third-order valence-electron chi connectivity index (χ3n) is 5.20. The van der Waals surface area contributed by atoms with E-state index in [-0.39, 0.29) is 10.5 Å². The zero-order valence-electron chi connectivity index (χ0n) is 16.2. The molecule has 10 heteroatoms. The van der Waals surface area contributed by atoms with Crippen LogP contribution in [0.15, 0.2) is 41.3 Å². The largest absolute Gasteiger partial charge is 0.448 e. The van der Waals surface area contributed by atoms with E-state index in [0.29, 0.717) is 17.2 Å². The summed E-state index contributed by atoms with van der Waals surface area (Å²) >= 11 is 0. The van der Waals surface area contributed by atoms with Gasteiger partial charge in [-0.05, 0) is 31.0 Å². The summed E-state index contributed by atoms with van der Waals surface area (Å²) in [5.74, 6) is -0.196. The molecule has 0 saturated heterocycles. The summed E-state index contributed by atoms with van der Waals surface area (Å²) in [6.07, 6.45) is 5.70. The van der Waals surface area contributed by atoms with Crippen LogP contribution in [0.25, 0.3) is 0 Å². The van der Waals surface area contributed by atoms with Crippen molar-refractivity contribution in [3.8, 4) is 11.5 Å². The van der Waals surface area contributed by atoms with Crippen LogP contribution in [-0.2, 0) is 9.84 Å². The van der Waals surface area contributed by atoms with Crippen LogP contribution in [0.3, 0.4) is 0 Å². The number of carbonyl (C=O) groups excluding carboxylic acids is 1. The van der Waals surface area contributed by atoms with Crippen molar-refractivity contribution in [2.45, 2.75) is 42.8 Å². The van der Waals surface area contributed by atoms with Gasteiger partial charge in [-0.3, -0.25) is 14.9 Å². The molecule has 0 atom stereocenters. The Morgan fingerprint density at radius 1 is 1.07 bits per heavy atom. The molecule has 1 N–H and O–H groups in total. The maximum Gasteiger partial charge on any atom is 0.271 e. The number of amides is 1. The van der Waals surface area contributed by atoms with Crippen LogP contribution >= 0.6 is 0 Å².